The van der Waals surface area contributed by atoms with Gasteiger partial charge in [-0.3, -0.25) is 9.59 Å². The minimum atomic E-state index is -0.193. The third-order valence-electron chi connectivity index (χ3n) is 4.75. The lowest BCUT2D eigenvalue weighted by Crippen LogP contribution is -2.22. The zero-order chi connectivity index (χ0) is 17.2. The predicted molar refractivity (Wildman–Crippen MR) is 95.5 cm³/mol. The molecule has 0 fully saturated rings. The van der Waals surface area contributed by atoms with Crippen LogP contribution < -0.4 is 10.6 Å². The lowest BCUT2D eigenvalue weighted by Gasteiger charge is -2.25. The van der Waals surface area contributed by atoms with E-state index in [1.165, 1.54) is 5.56 Å². The highest BCUT2D eigenvalue weighted by Gasteiger charge is 2.23. The highest BCUT2D eigenvalue weighted by Crippen LogP contribution is 2.30. The first-order valence-corrected chi connectivity index (χ1v) is 8.61. The van der Waals surface area contributed by atoms with Crippen molar-refractivity contribution in [2.45, 2.75) is 31.8 Å². The van der Waals surface area contributed by atoms with Crippen molar-refractivity contribution in [2.75, 3.05) is 17.2 Å². The van der Waals surface area contributed by atoms with Gasteiger partial charge < -0.3 is 15.4 Å². The van der Waals surface area contributed by atoms with E-state index < -0.39 is 0 Å². The molecule has 0 aliphatic carbocycles. The van der Waals surface area contributed by atoms with Crippen LogP contribution in [0.15, 0.2) is 42.5 Å². The molecule has 5 heteroatoms. The third-order valence-corrected chi connectivity index (χ3v) is 4.75. The van der Waals surface area contributed by atoms with E-state index in [1.807, 2.05) is 36.4 Å². The summed E-state index contributed by atoms with van der Waals surface area (Å²) >= 11 is 0. The second kappa shape index (κ2) is 6.69. The number of rotatable bonds is 3. The van der Waals surface area contributed by atoms with Crippen LogP contribution in [0.3, 0.4) is 0 Å². The van der Waals surface area contributed by atoms with Crippen LogP contribution in [-0.2, 0) is 27.2 Å². The van der Waals surface area contributed by atoms with Gasteiger partial charge in [0.15, 0.2) is 0 Å². The molecule has 2 aliphatic heterocycles. The van der Waals surface area contributed by atoms with Gasteiger partial charge in [-0.2, -0.15) is 0 Å². The Bertz CT molecular complexity index is 831. The molecular weight excluding hydrogens is 316 g/mol. The van der Waals surface area contributed by atoms with Crippen molar-refractivity contribution in [3.63, 3.8) is 0 Å². The molecule has 0 spiro atoms. The van der Waals surface area contributed by atoms with Crippen LogP contribution in [0, 0.1) is 0 Å². The normalized spacial score (nSPS) is 18.7. The smallest absolute Gasteiger partial charge is 0.227 e. The third kappa shape index (κ3) is 3.42. The van der Waals surface area contributed by atoms with Gasteiger partial charge in [0.1, 0.15) is 0 Å². The van der Waals surface area contributed by atoms with Gasteiger partial charge in [0.25, 0.3) is 0 Å². The Kier molecular flexibility index (Phi) is 4.24. The molecule has 2 heterocycles. The van der Waals surface area contributed by atoms with Crippen molar-refractivity contribution in [3.8, 4) is 0 Å². The van der Waals surface area contributed by atoms with Crippen LogP contribution in [0.5, 0.6) is 0 Å². The summed E-state index contributed by atoms with van der Waals surface area (Å²) in [7, 11) is 0. The van der Waals surface area contributed by atoms with E-state index in [0.29, 0.717) is 25.9 Å². The van der Waals surface area contributed by atoms with E-state index in [9.17, 15) is 9.59 Å². The van der Waals surface area contributed by atoms with Crippen molar-refractivity contribution >= 4 is 23.2 Å². The summed E-state index contributed by atoms with van der Waals surface area (Å²) in [5, 5.41) is 5.80. The number of nitrogens with one attached hydrogen (secondary N) is 2. The molecule has 2 N–H and O–H groups in total. The van der Waals surface area contributed by atoms with Gasteiger partial charge in [-0.1, -0.05) is 24.3 Å². The van der Waals surface area contributed by atoms with Crippen LogP contribution in [0.4, 0.5) is 11.4 Å². The van der Waals surface area contributed by atoms with Crippen LogP contribution in [0.25, 0.3) is 0 Å². The second-order valence-electron chi connectivity index (χ2n) is 6.48. The highest BCUT2D eigenvalue weighted by molar-refractivity contribution is 5.95. The Morgan fingerprint density at radius 1 is 1.12 bits per heavy atom. The fourth-order valence-corrected chi connectivity index (χ4v) is 3.49. The van der Waals surface area contributed by atoms with Gasteiger partial charge in [0.05, 0.1) is 19.1 Å². The largest absolute Gasteiger partial charge is 0.373 e. The van der Waals surface area contributed by atoms with E-state index in [4.69, 9.17) is 4.74 Å². The first-order chi connectivity index (χ1) is 12.2. The molecule has 128 valence electrons. The summed E-state index contributed by atoms with van der Waals surface area (Å²) in [5.41, 5.74) is 5.01. The van der Waals surface area contributed by atoms with E-state index in [-0.39, 0.29) is 17.9 Å². The molecule has 2 amide bonds. The van der Waals surface area contributed by atoms with E-state index >= 15 is 0 Å². The number of carbonyl (C=O) groups is 2. The molecule has 0 saturated heterocycles. The summed E-state index contributed by atoms with van der Waals surface area (Å²) < 4.78 is 5.81. The predicted octanol–water partition coefficient (Wildman–Crippen LogP) is 3.21. The number of hydrogen-bond donors (Lipinski definition) is 2. The SMILES string of the molecule is O=C(C[C@@H]1OCCc2ccccc21)Nc1ccc2c(c1)CCC(=O)N2. The summed E-state index contributed by atoms with van der Waals surface area (Å²) in [5.74, 6) is -0.0288. The maximum Gasteiger partial charge on any atom is 0.227 e. The summed E-state index contributed by atoms with van der Waals surface area (Å²) in [6, 6.07) is 13.7. The summed E-state index contributed by atoms with van der Waals surface area (Å²) in [4.78, 5) is 23.9. The molecule has 0 unspecified atom stereocenters. The van der Waals surface area contributed by atoms with E-state index in [0.717, 1.165) is 28.9 Å². The summed E-state index contributed by atoms with van der Waals surface area (Å²) in [6.45, 7) is 0.646. The van der Waals surface area contributed by atoms with Crippen molar-refractivity contribution in [1.29, 1.82) is 0 Å². The van der Waals surface area contributed by atoms with Crippen molar-refractivity contribution in [1.82, 2.24) is 0 Å². The maximum absolute atomic E-state index is 12.4. The van der Waals surface area contributed by atoms with Crippen LogP contribution in [0.1, 0.15) is 35.6 Å². The number of carbonyl (C=O) groups excluding carboxylic acids is 2. The topological polar surface area (TPSA) is 67.4 Å². The van der Waals surface area contributed by atoms with Gasteiger partial charge in [-0.25, -0.2) is 0 Å². The molecule has 0 aromatic heterocycles. The second-order valence-corrected chi connectivity index (χ2v) is 6.48. The average molecular weight is 336 g/mol. The van der Waals surface area contributed by atoms with Gasteiger partial charge >= 0.3 is 0 Å². The van der Waals surface area contributed by atoms with E-state index in [1.54, 1.807) is 0 Å². The Morgan fingerprint density at radius 2 is 2.00 bits per heavy atom. The Balaban J connectivity index is 1.44. The zero-order valence-corrected chi connectivity index (χ0v) is 13.9. The molecule has 1 atom stereocenters. The minimum absolute atomic E-state index is 0.0393. The number of ether oxygens (including phenoxy) is 1. The summed E-state index contributed by atoms with van der Waals surface area (Å²) in [6.07, 6.45) is 2.18. The Hall–Kier alpha value is -2.66. The molecule has 4 rings (SSSR count). The average Bonchev–Trinajstić information content (AvgIpc) is 2.62. The van der Waals surface area contributed by atoms with Crippen LogP contribution >= 0.6 is 0 Å². The van der Waals surface area contributed by atoms with E-state index in [2.05, 4.69) is 16.7 Å². The molecule has 2 aromatic rings. The highest BCUT2D eigenvalue weighted by atomic mass is 16.5. The number of benzene rings is 2. The van der Waals surface area contributed by atoms with Gasteiger partial charge in [-0.15, -0.1) is 0 Å². The van der Waals surface area contributed by atoms with Crippen molar-refractivity contribution in [2.24, 2.45) is 0 Å². The van der Waals surface area contributed by atoms with Gasteiger partial charge in [0.2, 0.25) is 11.8 Å². The lowest BCUT2D eigenvalue weighted by molar-refractivity contribution is -0.119. The number of hydrogen-bond acceptors (Lipinski definition) is 3. The number of fused-ring (bicyclic) bond motifs is 2. The lowest BCUT2D eigenvalue weighted by atomic mass is 9.95. The quantitative estimate of drug-likeness (QED) is 0.904. The molecule has 2 aliphatic rings. The van der Waals surface area contributed by atoms with Gasteiger partial charge in [-0.05, 0) is 47.7 Å². The van der Waals surface area contributed by atoms with Crippen LogP contribution in [-0.4, -0.2) is 18.4 Å². The number of amides is 2. The van der Waals surface area contributed by atoms with Crippen molar-refractivity contribution < 1.29 is 14.3 Å². The standard InChI is InChI=1S/C20H20N2O3/c23-19-8-5-14-11-15(6-7-17(14)22-19)21-20(24)12-18-16-4-2-1-3-13(16)9-10-25-18/h1-4,6-7,11,18H,5,8-10,12H2,(H,21,24)(H,22,23)/t18-/m0/s1. The fourth-order valence-electron chi connectivity index (χ4n) is 3.49. The monoisotopic (exact) mass is 336 g/mol. The maximum atomic E-state index is 12.4. The first-order valence-electron chi connectivity index (χ1n) is 8.61. The zero-order valence-electron chi connectivity index (χ0n) is 13.9. The Morgan fingerprint density at radius 3 is 2.92 bits per heavy atom. The molecule has 25 heavy (non-hydrogen) atoms. The fraction of sp³-hybridized carbons (Fsp3) is 0.300. The molecule has 5 nitrogen and oxygen atoms in total. The number of aryl methyl sites for hydroxylation is 1. The molecule has 2 aromatic carbocycles. The minimum Gasteiger partial charge on any atom is -0.373 e. The molecule has 0 saturated carbocycles. The Labute approximate surface area is 146 Å². The molecular formula is C20H20N2O3. The van der Waals surface area contributed by atoms with Gasteiger partial charge in [0, 0.05) is 17.8 Å². The molecule has 0 radical (unpaired) electrons. The van der Waals surface area contributed by atoms with Crippen LogP contribution in [0.2, 0.25) is 0 Å². The number of anilines is 2. The first kappa shape index (κ1) is 15.8. The molecule has 0 bridgehead atoms. The van der Waals surface area contributed by atoms with Crippen molar-refractivity contribution in [3.05, 3.63) is 59.2 Å².